The predicted molar refractivity (Wildman–Crippen MR) is 78.5 cm³/mol. The van der Waals surface area contributed by atoms with Gasteiger partial charge in [-0.1, -0.05) is 19.1 Å². The third-order valence-corrected chi connectivity index (χ3v) is 3.89. The van der Waals surface area contributed by atoms with Crippen LogP contribution in [-0.2, 0) is 4.79 Å². The van der Waals surface area contributed by atoms with Crippen LogP contribution in [0.5, 0.6) is 0 Å². The quantitative estimate of drug-likeness (QED) is 0.929. The second-order valence-corrected chi connectivity index (χ2v) is 5.42. The maximum atomic E-state index is 14.0. The van der Waals surface area contributed by atoms with Gasteiger partial charge in [0.2, 0.25) is 5.91 Å². The van der Waals surface area contributed by atoms with Crippen LogP contribution in [0.4, 0.5) is 4.39 Å². The molecule has 0 spiro atoms. The molecule has 1 aliphatic rings. The van der Waals surface area contributed by atoms with Crippen LogP contribution in [0.2, 0.25) is 0 Å². The third-order valence-electron chi connectivity index (χ3n) is 3.89. The summed E-state index contributed by atoms with van der Waals surface area (Å²) in [5.74, 6) is -0.676. The fourth-order valence-electron chi connectivity index (χ4n) is 2.54. The van der Waals surface area contributed by atoms with E-state index in [2.05, 4.69) is 5.32 Å². The number of hydrogen-bond donors (Lipinski definition) is 1. The lowest BCUT2D eigenvalue weighted by Gasteiger charge is -2.32. The molecule has 5 heteroatoms. The van der Waals surface area contributed by atoms with Crippen molar-refractivity contribution in [3.8, 4) is 0 Å². The van der Waals surface area contributed by atoms with Gasteiger partial charge in [0, 0.05) is 25.6 Å². The van der Waals surface area contributed by atoms with Crippen molar-refractivity contribution in [2.24, 2.45) is 0 Å². The van der Waals surface area contributed by atoms with E-state index in [9.17, 15) is 14.0 Å². The number of nitrogens with one attached hydrogen (secondary N) is 1. The molecule has 0 radical (unpaired) electrons. The topological polar surface area (TPSA) is 49.4 Å². The monoisotopic (exact) mass is 292 g/mol. The van der Waals surface area contributed by atoms with E-state index in [1.54, 1.807) is 24.0 Å². The van der Waals surface area contributed by atoms with E-state index in [-0.39, 0.29) is 23.4 Å². The van der Waals surface area contributed by atoms with Crippen molar-refractivity contribution < 1.29 is 14.0 Å². The van der Waals surface area contributed by atoms with Crippen LogP contribution in [0.15, 0.2) is 18.2 Å². The van der Waals surface area contributed by atoms with Crippen molar-refractivity contribution in [3.63, 3.8) is 0 Å². The molecule has 21 heavy (non-hydrogen) atoms. The normalized spacial score (nSPS) is 15.9. The Morgan fingerprint density at radius 1 is 1.33 bits per heavy atom. The molecule has 2 amide bonds. The minimum Gasteiger partial charge on any atom is -0.353 e. The number of benzene rings is 1. The number of rotatable bonds is 3. The second-order valence-electron chi connectivity index (χ2n) is 5.42. The average molecular weight is 292 g/mol. The summed E-state index contributed by atoms with van der Waals surface area (Å²) in [6.07, 6.45) is 1.89. The van der Waals surface area contributed by atoms with Crippen molar-refractivity contribution >= 4 is 11.8 Å². The molecule has 2 rings (SSSR count). The van der Waals surface area contributed by atoms with Gasteiger partial charge in [-0.25, -0.2) is 4.39 Å². The summed E-state index contributed by atoms with van der Waals surface area (Å²) in [5.41, 5.74) is 0.608. The van der Waals surface area contributed by atoms with Gasteiger partial charge in [-0.2, -0.15) is 0 Å². The van der Waals surface area contributed by atoms with E-state index >= 15 is 0 Å². The summed E-state index contributed by atoms with van der Waals surface area (Å²) in [7, 11) is 0. The molecule has 4 nitrogen and oxygen atoms in total. The van der Waals surface area contributed by atoms with E-state index in [0.717, 1.165) is 0 Å². The first-order valence-corrected chi connectivity index (χ1v) is 7.36. The Labute approximate surface area is 124 Å². The fraction of sp³-hybridized carbons (Fsp3) is 0.500. The van der Waals surface area contributed by atoms with Gasteiger partial charge in [0.25, 0.3) is 5.91 Å². The maximum Gasteiger partial charge on any atom is 0.256 e. The van der Waals surface area contributed by atoms with Crippen molar-refractivity contribution in [2.75, 3.05) is 13.1 Å². The molecule has 0 atom stereocenters. The van der Waals surface area contributed by atoms with E-state index in [4.69, 9.17) is 0 Å². The predicted octanol–water partition coefficient (Wildman–Crippen LogP) is 2.26. The molecule has 0 aliphatic carbocycles. The Bertz CT molecular complexity index is 537. The number of amides is 2. The van der Waals surface area contributed by atoms with Gasteiger partial charge < -0.3 is 10.2 Å². The Morgan fingerprint density at radius 2 is 2.00 bits per heavy atom. The summed E-state index contributed by atoms with van der Waals surface area (Å²) in [6, 6.07) is 4.98. The van der Waals surface area contributed by atoms with E-state index < -0.39 is 5.82 Å². The molecule has 1 fully saturated rings. The third kappa shape index (κ3) is 3.60. The smallest absolute Gasteiger partial charge is 0.256 e. The van der Waals surface area contributed by atoms with Crippen molar-refractivity contribution in [3.05, 3.63) is 35.1 Å². The van der Waals surface area contributed by atoms with Crippen LogP contribution in [0.1, 0.15) is 42.1 Å². The van der Waals surface area contributed by atoms with Crippen LogP contribution in [0.3, 0.4) is 0 Å². The van der Waals surface area contributed by atoms with Gasteiger partial charge in [0.1, 0.15) is 5.82 Å². The van der Waals surface area contributed by atoms with Crippen molar-refractivity contribution in [1.82, 2.24) is 10.2 Å². The zero-order chi connectivity index (χ0) is 15.4. The van der Waals surface area contributed by atoms with Crippen LogP contribution in [0, 0.1) is 12.7 Å². The summed E-state index contributed by atoms with van der Waals surface area (Å²) in [5, 5.41) is 2.94. The highest BCUT2D eigenvalue weighted by atomic mass is 19.1. The fourth-order valence-corrected chi connectivity index (χ4v) is 2.54. The molecule has 0 unspecified atom stereocenters. The number of nitrogens with zero attached hydrogens (tertiary/aromatic N) is 1. The molecular formula is C16H21FN2O2. The minimum absolute atomic E-state index is 0.0319. The molecule has 1 aliphatic heterocycles. The number of carbonyl (C=O) groups excluding carboxylic acids is 2. The van der Waals surface area contributed by atoms with E-state index in [1.807, 2.05) is 6.92 Å². The summed E-state index contributed by atoms with van der Waals surface area (Å²) in [4.78, 5) is 25.4. The summed E-state index contributed by atoms with van der Waals surface area (Å²) >= 11 is 0. The van der Waals surface area contributed by atoms with Crippen LogP contribution in [0.25, 0.3) is 0 Å². The Balaban J connectivity index is 1.97. The van der Waals surface area contributed by atoms with Crippen LogP contribution >= 0.6 is 0 Å². The number of likely N-dealkylation sites (tertiary alicyclic amines) is 1. The average Bonchev–Trinajstić information content (AvgIpc) is 2.50. The molecule has 0 aromatic heterocycles. The summed E-state index contributed by atoms with van der Waals surface area (Å²) < 4.78 is 14.0. The van der Waals surface area contributed by atoms with Crippen LogP contribution < -0.4 is 5.32 Å². The highest BCUT2D eigenvalue weighted by Crippen LogP contribution is 2.18. The lowest BCUT2D eigenvalue weighted by molar-refractivity contribution is -0.121. The number of carbonyl (C=O) groups is 2. The minimum atomic E-state index is -0.441. The van der Waals surface area contributed by atoms with Gasteiger partial charge in [-0.3, -0.25) is 9.59 Å². The zero-order valence-electron chi connectivity index (χ0n) is 12.5. The van der Waals surface area contributed by atoms with E-state index in [0.29, 0.717) is 37.9 Å². The first-order chi connectivity index (χ1) is 10.0. The first kappa shape index (κ1) is 15.5. The molecule has 0 saturated carbocycles. The molecule has 0 bridgehead atoms. The number of aryl methyl sites for hydroxylation is 1. The standard InChI is InChI=1S/C16H21FN2O2/c1-3-14(20)18-12-7-9-19(10-8-12)16(21)13-6-4-5-11(2)15(13)17/h4-6,12H,3,7-10H2,1-2H3,(H,18,20). The SMILES string of the molecule is CCC(=O)NC1CCN(C(=O)c2cccc(C)c2F)CC1. The van der Waals surface area contributed by atoms with Gasteiger partial charge in [0.15, 0.2) is 0 Å². The zero-order valence-corrected chi connectivity index (χ0v) is 12.5. The molecule has 114 valence electrons. The van der Waals surface area contributed by atoms with Gasteiger partial charge in [-0.15, -0.1) is 0 Å². The Kier molecular flexibility index (Phi) is 4.94. The van der Waals surface area contributed by atoms with E-state index in [1.165, 1.54) is 6.07 Å². The number of piperidine rings is 1. The molecule has 1 aromatic rings. The molecular weight excluding hydrogens is 271 g/mol. The first-order valence-electron chi connectivity index (χ1n) is 7.36. The molecule has 1 heterocycles. The van der Waals surface area contributed by atoms with Crippen LogP contribution in [-0.4, -0.2) is 35.8 Å². The maximum absolute atomic E-state index is 14.0. The number of halogens is 1. The lowest BCUT2D eigenvalue weighted by atomic mass is 10.0. The van der Waals surface area contributed by atoms with Gasteiger partial charge in [0.05, 0.1) is 5.56 Å². The largest absolute Gasteiger partial charge is 0.353 e. The van der Waals surface area contributed by atoms with Crippen molar-refractivity contribution in [2.45, 2.75) is 39.2 Å². The molecule has 1 saturated heterocycles. The van der Waals surface area contributed by atoms with Crippen molar-refractivity contribution in [1.29, 1.82) is 0 Å². The second kappa shape index (κ2) is 6.70. The van der Waals surface area contributed by atoms with Gasteiger partial charge in [-0.05, 0) is 31.4 Å². The van der Waals surface area contributed by atoms with Gasteiger partial charge >= 0.3 is 0 Å². The highest BCUT2D eigenvalue weighted by Gasteiger charge is 2.26. The molecule has 1 N–H and O–H groups in total. The summed E-state index contributed by atoms with van der Waals surface area (Å²) in [6.45, 7) is 4.55. The lowest BCUT2D eigenvalue weighted by Crippen LogP contribution is -2.46. The Hall–Kier alpha value is -1.91. The Morgan fingerprint density at radius 3 is 2.62 bits per heavy atom. The number of hydrogen-bond acceptors (Lipinski definition) is 2. The highest BCUT2D eigenvalue weighted by molar-refractivity contribution is 5.94. The molecule has 1 aromatic carbocycles.